The van der Waals surface area contributed by atoms with Crippen molar-refractivity contribution in [2.24, 2.45) is 0 Å². The van der Waals surface area contributed by atoms with Crippen molar-refractivity contribution < 1.29 is 19.1 Å². The van der Waals surface area contributed by atoms with Crippen LogP contribution in [0.3, 0.4) is 0 Å². The van der Waals surface area contributed by atoms with E-state index in [0.717, 1.165) is 11.1 Å². The van der Waals surface area contributed by atoms with Crippen molar-refractivity contribution in [3.63, 3.8) is 0 Å². The van der Waals surface area contributed by atoms with Gasteiger partial charge in [-0.1, -0.05) is 24.3 Å². The number of alkyl halides is 2. The van der Waals surface area contributed by atoms with Crippen LogP contribution >= 0.6 is 23.2 Å². The van der Waals surface area contributed by atoms with Crippen LogP contribution in [0, 0.1) is 0 Å². The highest BCUT2D eigenvalue weighted by atomic mass is 35.5. The molecule has 1 aromatic carbocycles. The van der Waals surface area contributed by atoms with Crippen LogP contribution in [0.5, 0.6) is 0 Å². The molecule has 2 atom stereocenters. The van der Waals surface area contributed by atoms with Gasteiger partial charge in [-0.05, 0) is 25.0 Å². The molecule has 0 aromatic heterocycles. The zero-order valence-corrected chi connectivity index (χ0v) is 12.8. The Balaban J connectivity index is 2.68. The Labute approximate surface area is 128 Å². The van der Waals surface area contributed by atoms with Crippen LogP contribution in [0.15, 0.2) is 24.3 Å². The van der Waals surface area contributed by atoms with Gasteiger partial charge in [0.15, 0.2) is 0 Å². The number of halogens is 2. The fourth-order valence-corrected chi connectivity index (χ4v) is 1.76. The summed E-state index contributed by atoms with van der Waals surface area (Å²) >= 11 is 10.8. The second-order valence-electron chi connectivity index (χ2n) is 4.20. The number of hydrogen-bond acceptors (Lipinski definition) is 4. The summed E-state index contributed by atoms with van der Waals surface area (Å²) < 4.78 is 10.2. The molecule has 0 saturated carbocycles. The van der Waals surface area contributed by atoms with Crippen molar-refractivity contribution in [1.82, 2.24) is 0 Å². The SMILES string of the molecule is CC(OC(=O)CCl)c1ccc(C(C)OC(=O)CCl)cc1. The molecular weight excluding hydrogens is 303 g/mol. The van der Waals surface area contributed by atoms with Crippen molar-refractivity contribution in [2.45, 2.75) is 26.1 Å². The van der Waals surface area contributed by atoms with E-state index in [-0.39, 0.29) is 24.0 Å². The highest BCUT2D eigenvalue weighted by Gasteiger charge is 2.13. The van der Waals surface area contributed by atoms with Crippen LogP contribution in [-0.2, 0) is 19.1 Å². The number of carbonyl (C=O) groups excluding carboxylic acids is 2. The second kappa shape index (κ2) is 8.12. The predicted molar refractivity (Wildman–Crippen MR) is 76.9 cm³/mol. The summed E-state index contributed by atoms with van der Waals surface area (Å²) in [6.07, 6.45) is -0.757. The summed E-state index contributed by atoms with van der Waals surface area (Å²) in [5.74, 6) is -1.28. The third-order valence-corrected chi connectivity index (χ3v) is 3.15. The van der Waals surface area contributed by atoms with E-state index >= 15 is 0 Å². The molecule has 0 radical (unpaired) electrons. The zero-order chi connectivity index (χ0) is 15.1. The summed E-state index contributed by atoms with van der Waals surface area (Å²) in [6.45, 7) is 3.52. The van der Waals surface area contributed by atoms with Gasteiger partial charge in [-0.15, -0.1) is 23.2 Å². The summed E-state index contributed by atoms with van der Waals surface area (Å²) in [4.78, 5) is 22.2. The van der Waals surface area contributed by atoms with Crippen molar-refractivity contribution >= 4 is 35.1 Å². The molecule has 0 fully saturated rings. The van der Waals surface area contributed by atoms with Crippen molar-refractivity contribution in [3.8, 4) is 0 Å². The third-order valence-electron chi connectivity index (χ3n) is 2.71. The van der Waals surface area contributed by atoms with Gasteiger partial charge in [-0.3, -0.25) is 9.59 Å². The molecule has 0 bridgehead atoms. The van der Waals surface area contributed by atoms with Gasteiger partial charge in [0.1, 0.15) is 24.0 Å². The standard InChI is InChI=1S/C14H16Cl2O4/c1-9(19-13(17)7-15)11-3-5-12(6-4-11)10(2)20-14(18)8-16/h3-6,9-10H,7-8H2,1-2H3. The molecule has 0 amide bonds. The number of ether oxygens (including phenoxy) is 2. The minimum absolute atomic E-state index is 0.173. The zero-order valence-electron chi connectivity index (χ0n) is 11.3. The molecule has 1 aromatic rings. The topological polar surface area (TPSA) is 52.6 Å². The molecule has 4 nitrogen and oxygen atoms in total. The fraction of sp³-hybridized carbons (Fsp3) is 0.429. The monoisotopic (exact) mass is 318 g/mol. The highest BCUT2D eigenvalue weighted by Crippen LogP contribution is 2.22. The molecule has 0 N–H and O–H groups in total. The first kappa shape index (κ1) is 16.8. The van der Waals surface area contributed by atoms with Crippen LogP contribution < -0.4 is 0 Å². The van der Waals surface area contributed by atoms with Crippen LogP contribution in [0.1, 0.15) is 37.2 Å². The molecule has 2 unspecified atom stereocenters. The average Bonchev–Trinajstić information content (AvgIpc) is 2.46. The minimum Gasteiger partial charge on any atom is -0.457 e. The van der Waals surface area contributed by atoms with E-state index in [4.69, 9.17) is 32.7 Å². The number of esters is 2. The molecule has 0 aliphatic rings. The van der Waals surface area contributed by atoms with Crippen molar-refractivity contribution in [3.05, 3.63) is 35.4 Å². The molecule has 0 heterocycles. The van der Waals surface area contributed by atoms with Crippen LogP contribution in [-0.4, -0.2) is 23.7 Å². The molecule has 110 valence electrons. The summed E-state index contributed by atoms with van der Waals surface area (Å²) in [5.41, 5.74) is 1.67. The van der Waals surface area contributed by atoms with Gasteiger partial charge in [0.05, 0.1) is 0 Å². The third kappa shape index (κ3) is 5.02. The molecule has 0 spiro atoms. The van der Waals surface area contributed by atoms with Crippen LogP contribution in [0.4, 0.5) is 0 Å². The van der Waals surface area contributed by atoms with Crippen LogP contribution in [0.2, 0.25) is 0 Å². The molecular formula is C14H16Cl2O4. The van der Waals surface area contributed by atoms with Crippen molar-refractivity contribution in [1.29, 1.82) is 0 Å². The number of rotatable bonds is 6. The Morgan fingerprint density at radius 1 is 0.900 bits per heavy atom. The first-order valence-corrected chi connectivity index (χ1v) is 7.15. The molecule has 0 aliphatic carbocycles. The lowest BCUT2D eigenvalue weighted by molar-refractivity contribution is -0.146. The Morgan fingerprint density at radius 3 is 1.45 bits per heavy atom. The Kier molecular flexibility index (Phi) is 6.82. The van der Waals surface area contributed by atoms with Gasteiger partial charge in [0.25, 0.3) is 0 Å². The first-order valence-electron chi connectivity index (χ1n) is 6.08. The van der Waals surface area contributed by atoms with Crippen LogP contribution in [0.25, 0.3) is 0 Å². The second-order valence-corrected chi connectivity index (χ2v) is 4.73. The van der Waals surface area contributed by atoms with E-state index in [1.54, 1.807) is 13.8 Å². The lowest BCUT2D eigenvalue weighted by Crippen LogP contribution is -2.11. The van der Waals surface area contributed by atoms with E-state index in [1.807, 2.05) is 24.3 Å². The molecule has 0 saturated heterocycles. The smallest absolute Gasteiger partial charge is 0.321 e. The minimum atomic E-state index is -0.465. The summed E-state index contributed by atoms with van der Waals surface area (Å²) in [6, 6.07) is 7.25. The van der Waals surface area contributed by atoms with E-state index in [9.17, 15) is 9.59 Å². The first-order chi connectivity index (χ1) is 9.47. The molecule has 1 rings (SSSR count). The average molecular weight is 319 g/mol. The summed E-state index contributed by atoms with van der Waals surface area (Å²) in [5, 5.41) is 0. The molecule has 0 aliphatic heterocycles. The largest absolute Gasteiger partial charge is 0.457 e. The lowest BCUT2D eigenvalue weighted by Gasteiger charge is -2.16. The van der Waals surface area contributed by atoms with Crippen molar-refractivity contribution in [2.75, 3.05) is 11.8 Å². The normalized spacial score (nSPS) is 13.4. The lowest BCUT2D eigenvalue weighted by atomic mass is 10.1. The van der Waals surface area contributed by atoms with Gasteiger partial charge < -0.3 is 9.47 Å². The predicted octanol–water partition coefficient (Wildman–Crippen LogP) is 3.37. The van der Waals surface area contributed by atoms with Gasteiger partial charge >= 0.3 is 11.9 Å². The fourth-order valence-electron chi connectivity index (χ4n) is 1.63. The Morgan fingerprint density at radius 2 is 1.20 bits per heavy atom. The van der Waals surface area contributed by atoms with Gasteiger partial charge in [-0.25, -0.2) is 0 Å². The molecule has 20 heavy (non-hydrogen) atoms. The van der Waals surface area contributed by atoms with Gasteiger partial charge in [0, 0.05) is 0 Å². The number of hydrogen-bond donors (Lipinski definition) is 0. The Hall–Kier alpha value is -1.26. The maximum atomic E-state index is 11.1. The maximum Gasteiger partial charge on any atom is 0.321 e. The number of carbonyl (C=O) groups is 2. The molecule has 6 heteroatoms. The maximum absolute atomic E-state index is 11.1. The van der Waals surface area contributed by atoms with E-state index < -0.39 is 11.9 Å². The quantitative estimate of drug-likeness (QED) is 0.596. The van der Waals surface area contributed by atoms with E-state index in [0.29, 0.717) is 0 Å². The summed E-state index contributed by atoms with van der Waals surface area (Å²) in [7, 11) is 0. The van der Waals surface area contributed by atoms with E-state index in [2.05, 4.69) is 0 Å². The van der Waals surface area contributed by atoms with Gasteiger partial charge in [0.2, 0.25) is 0 Å². The van der Waals surface area contributed by atoms with E-state index in [1.165, 1.54) is 0 Å². The number of benzene rings is 1. The highest BCUT2D eigenvalue weighted by molar-refractivity contribution is 6.26. The van der Waals surface area contributed by atoms with Gasteiger partial charge in [-0.2, -0.15) is 0 Å². The Bertz CT molecular complexity index is 416.